The third-order valence-corrected chi connectivity index (χ3v) is 1.45. The van der Waals surface area contributed by atoms with Gasteiger partial charge in [0.05, 0.1) is 5.02 Å². The minimum atomic E-state index is -0.595. The number of rotatable bonds is 1. The van der Waals surface area contributed by atoms with E-state index >= 15 is 0 Å². The second kappa shape index (κ2) is 2.80. The van der Waals surface area contributed by atoms with Crippen molar-refractivity contribution in [3.8, 4) is 0 Å². The second-order valence-corrected chi connectivity index (χ2v) is 2.08. The van der Waals surface area contributed by atoms with Crippen molar-refractivity contribution in [2.24, 2.45) is 0 Å². The molecule has 0 fully saturated rings. The van der Waals surface area contributed by atoms with Gasteiger partial charge in [0.1, 0.15) is 5.82 Å². The third kappa shape index (κ3) is 1.16. The highest BCUT2D eigenvalue weighted by molar-refractivity contribution is 6.33. The standard InChI is InChI=1S/C7H3ClFO/c8-7-5(4-10)2-1-3-6(7)9/h1-3H. The Labute approximate surface area is 62.4 Å². The maximum absolute atomic E-state index is 12.5. The molecule has 0 saturated carbocycles. The molecule has 3 heteroatoms. The fourth-order valence-electron chi connectivity index (χ4n) is 0.583. The molecule has 0 bridgehead atoms. The molecule has 0 aliphatic rings. The van der Waals surface area contributed by atoms with E-state index < -0.39 is 5.82 Å². The summed E-state index contributed by atoms with van der Waals surface area (Å²) in [5.41, 5.74) is 0.0571. The molecule has 1 nitrogen and oxygen atoms in total. The topological polar surface area (TPSA) is 17.1 Å². The maximum atomic E-state index is 12.5. The van der Waals surface area contributed by atoms with Gasteiger partial charge < -0.3 is 0 Å². The zero-order valence-corrected chi connectivity index (χ0v) is 5.65. The van der Waals surface area contributed by atoms with Crippen molar-refractivity contribution in [1.82, 2.24) is 0 Å². The predicted octanol–water partition coefficient (Wildman–Crippen LogP) is 1.94. The number of benzene rings is 1. The minimum absolute atomic E-state index is 0.0571. The Morgan fingerprint density at radius 2 is 2.20 bits per heavy atom. The highest BCUT2D eigenvalue weighted by Crippen LogP contribution is 2.16. The van der Waals surface area contributed by atoms with E-state index in [0.717, 1.165) is 0 Å². The van der Waals surface area contributed by atoms with Gasteiger partial charge >= 0.3 is 0 Å². The molecular formula is C7H3ClFO. The van der Waals surface area contributed by atoms with Crippen molar-refractivity contribution in [1.29, 1.82) is 0 Å². The van der Waals surface area contributed by atoms with Crippen molar-refractivity contribution in [3.05, 3.63) is 34.6 Å². The third-order valence-electron chi connectivity index (χ3n) is 1.06. The summed E-state index contributed by atoms with van der Waals surface area (Å²) in [5, 5.41) is -0.169. The van der Waals surface area contributed by atoms with E-state index in [1.807, 2.05) is 0 Å². The van der Waals surface area contributed by atoms with Gasteiger partial charge in [-0.15, -0.1) is 0 Å². The van der Waals surface area contributed by atoms with Gasteiger partial charge in [0.2, 0.25) is 6.29 Å². The van der Waals surface area contributed by atoms with Gasteiger partial charge in [-0.2, -0.15) is 0 Å². The van der Waals surface area contributed by atoms with E-state index in [-0.39, 0.29) is 10.6 Å². The zero-order chi connectivity index (χ0) is 7.56. The Morgan fingerprint density at radius 3 is 2.70 bits per heavy atom. The normalized spacial score (nSPS) is 9.40. The molecule has 0 heterocycles. The number of hydrogen-bond acceptors (Lipinski definition) is 1. The number of halogens is 2. The van der Waals surface area contributed by atoms with Gasteiger partial charge in [-0.25, -0.2) is 4.39 Å². The molecule has 10 heavy (non-hydrogen) atoms. The smallest absolute Gasteiger partial charge is 0.235 e. The van der Waals surface area contributed by atoms with Crippen LogP contribution in [0.15, 0.2) is 18.2 Å². The van der Waals surface area contributed by atoms with E-state index in [1.54, 1.807) is 0 Å². The average Bonchev–Trinajstić information content (AvgIpc) is 1.95. The highest BCUT2D eigenvalue weighted by atomic mass is 35.5. The molecular weight excluding hydrogens is 155 g/mol. The minimum Gasteiger partial charge on any atom is -0.285 e. The fraction of sp³-hybridized carbons (Fsp3) is 0. The van der Waals surface area contributed by atoms with Crippen LogP contribution in [0, 0.1) is 5.82 Å². The van der Waals surface area contributed by atoms with E-state index in [0.29, 0.717) is 0 Å². The largest absolute Gasteiger partial charge is 0.285 e. The van der Waals surface area contributed by atoms with Gasteiger partial charge in [-0.3, -0.25) is 4.79 Å². The Bertz CT molecular complexity index is 260. The Balaban J connectivity index is 3.27. The molecule has 0 aliphatic heterocycles. The van der Waals surface area contributed by atoms with Crippen LogP contribution in [-0.2, 0) is 4.79 Å². The molecule has 1 rings (SSSR count). The summed E-state index contributed by atoms with van der Waals surface area (Å²) >= 11 is 5.36. The summed E-state index contributed by atoms with van der Waals surface area (Å²) in [6.07, 6.45) is 1.51. The first kappa shape index (κ1) is 7.22. The molecule has 0 atom stereocenters. The van der Waals surface area contributed by atoms with Gasteiger partial charge in [0.25, 0.3) is 0 Å². The van der Waals surface area contributed by atoms with Crippen LogP contribution >= 0.6 is 11.6 Å². The molecule has 1 radical (unpaired) electrons. The zero-order valence-electron chi connectivity index (χ0n) is 4.90. The first-order valence-electron chi connectivity index (χ1n) is 2.58. The predicted molar refractivity (Wildman–Crippen MR) is 36.2 cm³/mol. The van der Waals surface area contributed by atoms with E-state index in [4.69, 9.17) is 11.6 Å². The maximum Gasteiger partial charge on any atom is 0.235 e. The van der Waals surface area contributed by atoms with Crippen LogP contribution in [0.25, 0.3) is 0 Å². The lowest BCUT2D eigenvalue weighted by atomic mass is 10.2. The SMILES string of the molecule is O=[C]c1cccc(F)c1Cl. The monoisotopic (exact) mass is 157 g/mol. The molecule has 51 valence electrons. The number of hydrogen-bond donors (Lipinski definition) is 0. The number of carbonyl (C=O) groups excluding carboxylic acids is 1. The van der Waals surface area contributed by atoms with Gasteiger partial charge in [-0.05, 0) is 12.1 Å². The Kier molecular flexibility index (Phi) is 2.02. The molecule has 0 aliphatic carbocycles. The first-order chi connectivity index (χ1) is 4.75. The summed E-state index contributed by atoms with van der Waals surface area (Å²) in [5.74, 6) is -0.595. The van der Waals surface area contributed by atoms with Crippen molar-refractivity contribution in [2.75, 3.05) is 0 Å². The van der Waals surface area contributed by atoms with Gasteiger partial charge in [-0.1, -0.05) is 17.7 Å². The Hall–Kier alpha value is -0.890. The second-order valence-electron chi connectivity index (χ2n) is 1.70. The van der Waals surface area contributed by atoms with E-state index in [9.17, 15) is 9.18 Å². The van der Waals surface area contributed by atoms with Gasteiger partial charge in [0, 0.05) is 5.56 Å². The molecule has 0 aromatic heterocycles. The van der Waals surface area contributed by atoms with Crippen molar-refractivity contribution < 1.29 is 9.18 Å². The van der Waals surface area contributed by atoms with Gasteiger partial charge in [0.15, 0.2) is 0 Å². The van der Waals surface area contributed by atoms with Crippen LogP contribution in [0.5, 0.6) is 0 Å². The fourth-order valence-corrected chi connectivity index (χ4v) is 0.747. The molecule has 0 amide bonds. The van der Waals surface area contributed by atoms with Crippen LogP contribution in [0.3, 0.4) is 0 Å². The molecule has 0 spiro atoms. The lowest BCUT2D eigenvalue weighted by Crippen LogP contribution is -1.84. The first-order valence-corrected chi connectivity index (χ1v) is 2.95. The summed E-state index contributed by atoms with van der Waals surface area (Å²) in [6, 6.07) is 3.99. The average molecular weight is 158 g/mol. The summed E-state index contributed by atoms with van der Waals surface area (Å²) in [4.78, 5) is 10.0. The lowest BCUT2D eigenvalue weighted by Gasteiger charge is -1.93. The van der Waals surface area contributed by atoms with Crippen LogP contribution < -0.4 is 0 Å². The quantitative estimate of drug-likeness (QED) is 0.609. The van der Waals surface area contributed by atoms with Crippen LogP contribution in [0.4, 0.5) is 4.39 Å². The summed E-state index contributed by atoms with van der Waals surface area (Å²) < 4.78 is 12.5. The molecule has 0 unspecified atom stereocenters. The van der Waals surface area contributed by atoms with Crippen molar-refractivity contribution in [3.63, 3.8) is 0 Å². The Morgan fingerprint density at radius 1 is 1.50 bits per heavy atom. The van der Waals surface area contributed by atoms with Crippen molar-refractivity contribution >= 4 is 17.9 Å². The lowest BCUT2D eigenvalue weighted by molar-refractivity contribution is 0.562. The molecule has 1 aromatic rings. The summed E-state index contributed by atoms with van der Waals surface area (Å²) in [6.45, 7) is 0. The van der Waals surface area contributed by atoms with Crippen LogP contribution in [-0.4, -0.2) is 6.29 Å². The molecule has 0 N–H and O–H groups in total. The highest BCUT2D eigenvalue weighted by Gasteiger charge is 2.03. The van der Waals surface area contributed by atoms with Crippen LogP contribution in [0.2, 0.25) is 5.02 Å². The summed E-state index contributed by atoms with van der Waals surface area (Å²) in [7, 11) is 0. The molecule has 1 aromatic carbocycles. The van der Waals surface area contributed by atoms with Crippen LogP contribution in [0.1, 0.15) is 5.56 Å². The van der Waals surface area contributed by atoms with E-state index in [2.05, 4.69) is 0 Å². The molecule has 0 saturated heterocycles. The van der Waals surface area contributed by atoms with Crippen molar-refractivity contribution in [2.45, 2.75) is 0 Å². The van der Waals surface area contributed by atoms with E-state index in [1.165, 1.54) is 24.5 Å².